The summed E-state index contributed by atoms with van der Waals surface area (Å²) < 4.78 is 2.28. The van der Waals surface area contributed by atoms with Crippen molar-refractivity contribution in [1.82, 2.24) is 9.88 Å². The number of rotatable bonds is 6. The summed E-state index contributed by atoms with van der Waals surface area (Å²) in [4.78, 5) is 0. The summed E-state index contributed by atoms with van der Waals surface area (Å²) in [5, 5.41) is 13.5. The number of aryl methyl sites for hydroxylation is 1. The normalized spacial score (nSPS) is 13.1. The molecule has 1 aromatic carbocycles. The van der Waals surface area contributed by atoms with Gasteiger partial charge in [-0.15, -0.1) is 0 Å². The molecule has 1 aromatic heterocycles. The van der Waals surface area contributed by atoms with Gasteiger partial charge in [0.25, 0.3) is 0 Å². The third-order valence-corrected chi connectivity index (χ3v) is 3.02. The largest absolute Gasteiger partial charge is 0.395 e. The van der Waals surface area contributed by atoms with Gasteiger partial charge in [-0.1, -0.05) is 18.2 Å². The molecule has 2 rings (SSSR count). The molecule has 0 aliphatic heterocycles. The zero-order valence-electron chi connectivity index (χ0n) is 10.3. The number of nitrogens with zero attached hydrogens (tertiary/aromatic N) is 1. The number of fused-ring (bicyclic) bond motifs is 1. The Hall–Kier alpha value is -1.32. The maximum absolute atomic E-state index is 8.89. The highest BCUT2D eigenvalue weighted by molar-refractivity contribution is 5.79. The fourth-order valence-corrected chi connectivity index (χ4v) is 2.00. The molecule has 3 heteroatoms. The van der Waals surface area contributed by atoms with Crippen LogP contribution >= 0.6 is 0 Å². The van der Waals surface area contributed by atoms with E-state index < -0.39 is 0 Å². The number of hydrogen-bond donors (Lipinski definition) is 2. The molecule has 2 aromatic rings. The lowest BCUT2D eigenvalue weighted by molar-refractivity contribution is 0.251. The number of aliphatic hydroxyl groups is 1. The molecular formula is C14H20N2O. The van der Waals surface area contributed by atoms with Crippen molar-refractivity contribution in [2.45, 2.75) is 25.9 Å². The summed E-state index contributed by atoms with van der Waals surface area (Å²) in [6.07, 6.45) is 3.21. The Bertz CT molecular complexity index is 464. The van der Waals surface area contributed by atoms with Crippen LogP contribution in [0.5, 0.6) is 0 Å². The minimum Gasteiger partial charge on any atom is -0.395 e. The number of hydrogen-bond acceptors (Lipinski definition) is 2. The topological polar surface area (TPSA) is 37.2 Å². The van der Waals surface area contributed by atoms with E-state index in [2.05, 4.69) is 46.4 Å². The first-order valence-corrected chi connectivity index (χ1v) is 6.19. The lowest BCUT2D eigenvalue weighted by Crippen LogP contribution is -2.30. The summed E-state index contributed by atoms with van der Waals surface area (Å²) in [6, 6.07) is 10.8. The molecule has 1 atom stereocenters. The average molecular weight is 232 g/mol. The van der Waals surface area contributed by atoms with Gasteiger partial charge in [0.05, 0.1) is 6.61 Å². The maximum Gasteiger partial charge on any atom is 0.0581 e. The maximum atomic E-state index is 8.89. The smallest absolute Gasteiger partial charge is 0.0581 e. The highest BCUT2D eigenvalue weighted by atomic mass is 16.3. The molecular weight excluding hydrogens is 212 g/mol. The van der Waals surface area contributed by atoms with E-state index in [1.807, 2.05) is 6.92 Å². The fraction of sp³-hybridized carbons (Fsp3) is 0.429. The van der Waals surface area contributed by atoms with E-state index in [9.17, 15) is 0 Å². The molecule has 2 N–H and O–H groups in total. The third kappa shape index (κ3) is 3.08. The first-order chi connectivity index (χ1) is 8.31. The van der Waals surface area contributed by atoms with Crippen LogP contribution in [0.1, 0.15) is 13.3 Å². The van der Waals surface area contributed by atoms with Crippen molar-refractivity contribution >= 4 is 10.9 Å². The quantitative estimate of drug-likeness (QED) is 0.747. The van der Waals surface area contributed by atoms with E-state index in [1.54, 1.807) is 0 Å². The Morgan fingerprint density at radius 2 is 2.12 bits per heavy atom. The van der Waals surface area contributed by atoms with Crippen LogP contribution in [-0.2, 0) is 6.54 Å². The molecule has 0 fully saturated rings. The number of benzene rings is 1. The van der Waals surface area contributed by atoms with Crippen molar-refractivity contribution in [1.29, 1.82) is 0 Å². The molecule has 0 radical (unpaired) electrons. The standard InChI is InChI=1S/C14H20N2O/c1-12(11-17)15-8-4-9-16-10-7-13-5-2-3-6-14(13)16/h2-3,5-7,10,12,15,17H,4,8-9,11H2,1H3/t12-/m0/s1. The van der Waals surface area contributed by atoms with Crippen molar-refractivity contribution < 1.29 is 5.11 Å². The lowest BCUT2D eigenvalue weighted by Gasteiger charge is -2.11. The van der Waals surface area contributed by atoms with Crippen LogP contribution in [0.3, 0.4) is 0 Å². The van der Waals surface area contributed by atoms with Crippen LogP contribution in [0, 0.1) is 0 Å². The number of aliphatic hydroxyl groups excluding tert-OH is 1. The predicted molar refractivity (Wildman–Crippen MR) is 71.1 cm³/mol. The van der Waals surface area contributed by atoms with Crippen molar-refractivity contribution in [3.8, 4) is 0 Å². The van der Waals surface area contributed by atoms with E-state index in [4.69, 9.17) is 5.11 Å². The van der Waals surface area contributed by atoms with Gasteiger partial charge in [-0.25, -0.2) is 0 Å². The van der Waals surface area contributed by atoms with Crippen LogP contribution in [0.2, 0.25) is 0 Å². The van der Waals surface area contributed by atoms with Crippen LogP contribution < -0.4 is 5.32 Å². The van der Waals surface area contributed by atoms with Gasteiger partial charge in [0, 0.05) is 24.3 Å². The SMILES string of the molecule is C[C@@H](CO)NCCCn1ccc2ccccc21. The minimum atomic E-state index is 0.191. The average Bonchev–Trinajstić information content (AvgIpc) is 2.78. The van der Waals surface area contributed by atoms with Gasteiger partial charge in [0.15, 0.2) is 0 Å². The summed E-state index contributed by atoms with van der Waals surface area (Å²) >= 11 is 0. The zero-order valence-corrected chi connectivity index (χ0v) is 10.3. The number of para-hydroxylation sites is 1. The highest BCUT2D eigenvalue weighted by Gasteiger charge is 2.00. The minimum absolute atomic E-state index is 0.191. The lowest BCUT2D eigenvalue weighted by atomic mass is 10.2. The molecule has 0 aliphatic rings. The highest BCUT2D eigenvalue weighted by Crippen LogP contribution is 2.15. The molecule has 0 bridgehead atoms. The predicted octanol–water partition coefficient (Wildman–Crippen LogP) is 2.00. The Balaban J connectivity index is 1.87. The van der Waals surface area contributed by atoms with Gasteiger partial charge in [-0.2, -0.15) is 0 Å². The summed E-state index contributed by atoms with van der Waals surface area (Å²) in [6.45, 7) is 4.14. The molecule has 0 spiro atoms. The van der Waals surface area contributed by atoms with Crippen molar-refractivity contribution in [3.63, 3.8) is 0 Å². The van der Waals surface area contributed by atoms with E-state index in [1.165, 1.54) is 10.9 Å². The Morgan fingerprint density at radius 3 is 2.94 bits per heavy atom. The molecule has 3 nitrogen and oxygen atoms in total. The second-order valence-electron chi connectivity index (χ2n) is 4.46. The van der Waals surface area contributed by atoms with Gasteiger partial charge >= 0.3 is 0 Å². The van der Waals surface area contributed by atoms with Gasteiger partial charge in [0.1, 0.15) is 0 Å². The summed E-state index contributed by atoms with van der Waals surface area (Å²) in [5.74, 6) is 0. The van der Waals surface area contributed by atoms with E-state index in [-0.39, 0.29) is 12.6 Å². The van der Waals surface area contributed by atoms with Gasteiger partial charge in [0.2, 0.25) is 0 Å². The Kier molecular flexibility index (Phi) is 4.18. The fourth-order valence-electron chi connectivity index (χ4n) is 2.00. The molecule has 92 valence electrons. The number of aromatic nitrogens is 1. The van der Waals surface area contributed by atoms with E-state index in [0.717, 1.165) is 19.5 Å². The molecule has 0 aliphatic carbocycles. The monoisotopic (exact) mass is 232 g/mol. The molecule has 0 unspecified atom stereocenters. The second-order valence-corrected chi connectivity index (χ2v) is 4.46. The van der Waals surface area contributed by atoms with Gasteiger partial charge in [-0.3, -0.25) is 0 Å². The van der Waals surface area contributed by atoms with Crippen molar-refractivity contribution in [3.05, 3.63) is 36.5 Å². The molecule has 0 saturated heterocycles. The van der Waals surface area contributed by atoms with Gasteiger partial charge < -0.3 is 15.0 Å². The number of nitrogens with one attached hydrogen (secondary N) is 1. The Labute approximate surface area is 102 Å². The van der Waals surface area contributed by atoms with Crippen molar-refractivity contribution in [2.75, 3.05) is 13.2 Å². The first-order valence-electron chi connectivity index (χ1n) is 6.19. The molecule has 0 amide bonds. The third-order valence-electron chi connectivity index (χ3n) is 3.02. The van der Waals surface area contributed by atoms with Crippen LogP contribution in [-0.4, -0.2) is 28.9 Å². The second kappa shape index (κ2) is 5.84. The van der Waals surface area contributed by atoms with Crippen molar-refractivity contribution in [2.24, 2.45) is 0 Å². The van der Waals surface area contributed by atoms with E-state index in [0.29, 0.717) is 0 Å². The van der Waals surface area contributed by atoms with Crippen LogP contribution in [0.25, 0.3) is 10.9 Å². The molecule has 1 heterocycles. The molecule has 0 saturated carbocycles. The van der Waals surface area contributed by atoms with E-state index >= 15 is 0 Å². The molecule has 17 heavy (non-hydrogen) atoms. The zero-order chi connectivity index (χ0) is 12.1. The Morgan fingerprint density at radius 1 is 1.29 bits per heavy atom. The van der Waals surface area contributed by atoms with Gasteiger partial charge in [-0.05, 0) is 37.4 Å². The van der Waals surface area contributed by atoms with Crippen LogP contribution in [0.15, 0.2) is 36.5 Å². The van der Waals surface area contributed by atoms with Crippen LogP contribution in [0.4, 0.5) is 0 Å². The summed E-state index contributed by atoms with van der Waals surface area (Å²) in [5.41, 5.74) is 1.29. The summed E-state index contributed by atoms with van der Waals surface area (Å²) in [7, 11) is 0. The first kappa shape index (κ1) is 12.1.